The Balaban J connectivity index is 1.81. The van der Waals surface area contributed by atoms with Crippen molar-refractivity contribution in [3.63, 3.8) is 0 Å². The van der Waals surface area contributed by atoms with Crippen molar-refractivity contribution in [1.82, 2.24) is 0 Å². The summed E-state index contributed by atoms with van der Waals surface area (Å²) in [5, 5.41) is 46.8. The van der Waals surface area contributed by atoms with E-state index >= 15 is 0 Å². The molecular weight excluding hydrogens is 422 g/mol. The lowest BCUT2D eigenvalue weighted by Gasteiger charge is -2.69. The molecule has 9 atom stereocenters. The lowest BCUT2D eigenvalue weighted by atomic mass is 9.41. The summed E-state index contributed by atoms with van der Waals surface area (Å²) < 4.78 is 12.7. The SMILES string of the molecule is [CH][N+]1(C)CCC23c4c5ccc(O)c4OC2C(OC)C(C)(C(C)(O)C(C)(O)CC)CC3(O)C1C5. The number of hydrogen-bond acceptors (Lipinski definition) is 6. The molecule has 1 saturated heterocycles. The van der Waals surface area contributed by atoms with Crippen LogP contribution in [-0.2, 0) is 16.6 Å². The number of aliphatic hydroxyl groups is 3. The Morgan fingerprint density at radius 1 is 1.30 bits per heavy atom. The quantitative estimate of drug-likeness (QED) is 0.513. The Kier molecular flexibility index (Phi) is 4.56. The normalized spacial score (nSPS) is 43.8. The Morgan fingerprint density at radius 3 is 2.58 bits per heavy atom. The molecule has 1 aromatic rings. The van der Waals surface area contributed by atoms with E-state index < -0.39 is 39.8 Å². The third-order valence-corrected chi connectivity index (χ3v) is 10.5. The molecule has 33 heavy (non-hydrogen) atoms. The van der Waals surface area contributed by atoms with Gasteiger partial charge in [-0.05, 0) is 38.3 Å². The summed E-state index contributed by atoms with van der Waals surface area (Å²) in [7, 11) is 10.3. The van der Waals surface area contributed by atoms with Gasteiger partial charge in [0.1, 0.15) is 23.9 Å². The van der Waals surface area contributed by atoms with E-state index in [-0.39, 0.29) is 22.7 Å². The first-order valence-corrected chi connectivity index (χ1v) is 12.0. The summed E-state index contributed by atoms with van der Waals surface area (Å²) in [4.78, 5) is 0. The van der Waals surface area contributed by atoms with Crippen LogP contribution >= 0.6 is 0 Å². The number of likely N-dealkylation sites (tertiary alicyclic amines) is 1. The summed E-state index contributed by atoms with van der Waals surface area (Å²) >= 11 is 0. The molecule has 7 heteroatoms. The smallest absolute Gasteiger partial charge is 0.206 e. The average molecular weight is 461 g/mol. The minimum absolute atomic E-state index is 0.0396. The molecule has 2 bridgehead atoms. The average Bonchev–Trinajstić information content (AvgIpc) is 3.08. The molecule has 2 heterocycles. The molecule has 7 nitrogen and oxygen atoms in total. The molecule has 4 aliphatic rings. The van der Waals surface area contributed by atoms with E-state index in [9.17, 15) is 20.4 Å². The highest BCUT2D eigenvalue weighted by Gasteiger charge is 2.81. The van der Waals surface area contributed by atoms with Gasteiger partial charge in [0.25, 0.3) is 0 Å². The van der Waals surface area contributed by atoms with E-state index in [0.29, 0.717) is 31.6 Å². The zero-order valence-corrected chi connectivity index (χ0v) is 20.6. The van der Waals surface area contributed by atoms with Gasteiger partial charge in [-0.3, -0.25) is 0 Å². The maximum Gasteiger partial charge on any atom is 0.206 e. The van der Waals surface area contributed by atoms with Crippen LogP contribution in [0, 0.1) is 12.5 Å². The molecule has 5 rings (SSSR count). The molecule has 1 aromatic carbocycles. The van der Waals surface area contributed by atoms with Crippen molar-refractivity contribution in [2.75, 3.05) is 20.7 Å². The highest BCUT2D eigenvalue weighted by atomic mass is 16.5. The van der Waals surface area contributed by atoms with Crippen LogP contribution in [0.2, 0.25) is 0 Å². The summed E-state index contributed by atoms with van der Waals surface area (Å²) in [5.41, 5.74) is -4.44. The number of benzene rings is 1. The predicted molar refractivity (Wildman–Crippen MR) is 122 cm³/mol. The second-order valence-electron chi connectivity index (χ2n) is 11.9. The molecule has 0 amide bonds. The molecular formula is C26H38NO6+. The Labute approximate surface area is 196 Å². The van der Waals surface area contributed by atoms with Crippen LogP contribution in [0.25, 0.3) is 0 Å². The number of hydrogen-bond donors (Lipinski definition) is 4. The minimum Gasteiger partial charge on any atom is -0.504 e. The van der Waals surface area contributed by atoms with Gasteiger partial charge in [-0.15, -0.1) is 0 Å². The fraction of sp³-hybridized carbons (Fsp3) is 0.731. The number of phenolic OH excluding ortho intramolecular Hbond substituents is 1. The molecule has 9 unspecified atom stereocenters. The van der Waals surface area contributed by atoms with E-state index in [4.69, 9.17) is 16.5 Å². The van der Waals surface area contributed by atoms with Gasteiger partial charge < -0.3 is 34.4 Å². The van der Waals surface area contributed by atoms with Gasteiger partial charge in [-0.2, -0.15) is 0 Å². The summed E-state index contributed by atoms with van der Waals surface area (Å²) in [5.74, 6) is 0.438. The van der Waals surface area contributed by atoms with Crippen molar-refractivity contribution in [2.24, 2.45) is 5.41 Å². The van der Waals surface area contributed by atoms with Gasteiger partial charge in [0.05, 0.1) is 30.2 Å². The molecule has 182 valence electrons. The molecule has 2 aliphatic carbocycles. The van der Waals surface area contributed by atoms with E-state index in [2.05, 4.69) is 0 Å². The van der Waals surface area contributed by atoms with Crippen LogP contribution in [0.15, 0.2) is 12.1 Å². The van der Waals surface area contributed by atoms with Gasteiger partial charge in [0.2, 0.25) is 7.05 Å². The summed E-state index contributed by atoms with van der Waals surface area (Å²) in [6.07, 6.45) is 0.272. The number of rotatable bonds is 4. The fourth-order valence-electron chi connectivity index (χ4n) is 8.03. The van der Waals surface area contributed by atoms with Crippen LogP contribution in [-0.4, -0.2) is 80.7 Å². The number of likely N-dealkylation sites (N-methyl/N-ethyl adjacent to an activating group) is 1. The molecule has 1 saturated carbocycles. The van der Waals surface area contributed by atoms with Crippen LogP contribution in [0.5, 0.6) is 11.5 Å². The highest BCUT2D eigenvalue weighted by Crippen LogP contribution is 2.70. The Hall–Kier alpha value is -1.38. The van der Waals surface area contributed by atoms with E-state index in [0.717, 1.165) is 11.1 Å². The van der Waals surface area contributed by atoms with Crippen LogP contribution < -0.4 is 4.74 Å². The van der Waals surface area contributed by atoms with Gasteiger partial charge in [0, 0.05) is 30.9 Å². The minimum atomic E-state index is -1.63. The number of quaternary nitrogens is 1. The molecule has 1 spiro atoms. The monoisotopic (exact) mass is 460 g/mol. The van der Waals surface area contributed by atoms with Crippen LogP contribution in [0.4, 0.5) is 0 Å². The molecule has 4 N–H and O–H groups in total. The number of methoxy groups -OCH3 is 1. The molecule has 2 fully saturated rings. The first kappa shape index (κ1) is 23.4. The van der Waals surface area contributed by atoms with E-state index in [1.54, 1.807) is 27.0 Å². The zero-order chi connectivity index (χ0) is 24.4. The number of nitrogens with zero attached hydrogens (tertiary/aromatic N) is 1. The summed E-state index contributed by atoms with van der Waals surface area (Å²) in [6, 6.07) is 3.20. The highest BCUT2D eigenvalue weighted by molar-refractivity contribution is 5.62. The second kappa shape index (κ2) is 6.43. The molecule has 2 aliphatic heterocycles. The van der Waals surface area contributed by atoms with Crippen molar-refractivity contribution < 1.29 is 34.4 Å². The fourth-order valence-corrected chi connectivity index (χ4v) is 8.03. The number of piperidine rings is 1. The van der Waals surface area contributed by atoms with Crippen molar-refractivity contribution in [3.8, 4) is 11.5 Å². The first-order valence-electron chi connectivity index (χ1n) is 12.0. The molecule has 2 radical (unpaired) electrons. The van der Waals surface area contributed by atoms with Gasteiger partial charge in [-0.25, -0.2) is 0 Å². The van der Waals surface area contributed by atoms with Gasteiger partial charge in [-0.1, -0.05) is 19.9 Å². The number of ether oxygens (including phenoxy) is 2. The van der Waals surface area contributed by atoms with Crippen molar-refractivity contribution in [1.29, 1.82) is 0 Å². The zero-order valence-electron chi connectivity index (χ0n) is 20.6. The molecule has 0 aromatic heterocycles. The van der Waals surface area contributed by atoms with Crippen LogP contribution in [0.3, 0.4) is 0 Å². The van der Waals surface area contributed by atoms with Crippen molar-refractivity contribution in [3.05, 3.63) is 30.3 Å². The summed E-state index contributed by atoms with van der Waals surface area (Å²) in [6.45, 7) is 7.59. The Bertz CT molecular complexity index is 1000. The standard InChI is InChI=1S/C26H38NO6/c1-8-23(3,29)24(4,30)22(2)14-26(31)17-13-15-9-10-16(28)19-18(15)25(26,11-12-27(17,5)6)21(33-19)20(22)32-7/h5,9-10,17,20-21,28-31H,8,11-14H2,1-4,6-7H3/q+1. The maximum absolute atomic E-state index is 12.8. The lowest BCUT2D eigenvalue weighted by Crippen LogP contribution is -2.84. The van der Waals surface area contributed by atoms with Gasteiger partial charge >= 0.3 is 0 Å². The van der Waals surface area contributed by atoms with Crippen molar-refractivity contribution in [2.45, 2.75) is 93.8 Å². The van der Waals surface area contributed by atoms with E-state index in [1.165, 1.54) is 0 Å². The van der Waals surface area contributed by atoms with Crippen LogP contribution in [0.1, 0.15) is 58.1 Å². The van der Waals surface area contributed by atoms with Crippen molar-refractivity contribution >= 4 is 0 Å². The van der Waals surface area contributed by atoms with Gasteiger partial charge in [0.15, 0.2) is 11.5 Å². The second-order valence-corrected chi connectivity index (χ2v) is 11.9. The maximum atomic E-state index is 12.8. The largest absolute Gasteiger partial charge is 0.504 e. The number of phenols is 1. The predicted octanol–water partition coefficient (Wildman–Crippen LogP) is 1.90. The number of aromatic hydroxyl groups is 1. The third-order valence-electron chi connectivity index (χ3n) is 10.5. The Morgan fingerprint density at radius 2 is 1.97 bits per heavy atom. The first-order chi connectivity index (χ1) is 15.1. The third kappa shape index (κ3) is 2.38. The van der Waals surface area contributed by atoms with E-state index in [1.807, 2.05) is 27.0 Å². The topological polar surface area (TPSA) is 99.4 Å². The lowest BCUT2D eigenvalue weighted by molar-refractivity contribution is -0.909.